The zero-order valence-corrected chi connectivity index (χ0v) is 16.6. The third-order valence-corrected chi connectivity index (χ3v) is 5.63. The molecule has 3 aromatic rings. The average Bonchev–Trinajstić information content (AvgIpc) is 3.62. The van der Waals surface area contributed by atoms with Crippen LogP contribution < -0.4 is 9.47 Å². The van der Waals surface area contributed by atoms with Crippen molar-refractivity contribution >= 4 is 11.1 Å². The molecule has 2 aliphatic rings. The summed E-state index contributed by atoms with van der Waals surface area (Å²) in [7, 11) is 1.72. The molecule has 3 aromatic carbocycles. The Morgan fingerprint density at radius 2 is 1.62 bits per heavy atom. The largest absolute Gasteiger partial charge is 0.497 e. The van der Waals surface area contributed by atoms with Gasteiger partial charge in [0.15, 0.2) is 0 Å². The van der Waals surface area contributed by atoms with E-state index in [0.717, 1.165) is 30.9 Å². The fourth-order valence-corrected chi connectivity index (χ4v) is 4.02. The maximum Gasteiger partial charge on any atom is 0.119 e. The molecule has 1 atom stereocenters. The molecular formula is C26H24O3. The molecule has 1 unspecified atom stereocenters. The van der Waals surface area contributed by atoms with Gasteiger partial charge in [-0.1, -0.05) is 48.5 Å². The Bertz CT molecular complexity index is 1030. The second-order valence-corrected chi connectivity index (χ2v) is 7.53. The number of hydrogen-bond donors (Lipinski definition) is 0. The number of allylic oxidation sites excluding steroid dienone is 1. The second kappa shape index (κ2) is 7.76. The monoisotopic (exact) mass is 384 g/mol. The first kappa shape index (κ1) is 18.0. The summed E-state index contributed by atoms with van der Waals surface area (Å²) in [6.07, 6.45) is 2.29. The van der Waals surface area contributed by atoms with Crippen molar-refractivity contribution in [3.05, 3.63) is 95.1 Å². The molecule has 0 aromatic heterocycles. The molecule has 0 amide bonds. The number of aryl methyl sites for hydroxylation is 1. The molecule has 1 saturated heterocycles. The molecule has 1 aliphatic carbocycles. The van der Waals surface area contributed by atoms with Crippen LogP contribution in [0, 0.1) is 0 Å². The second-order valence-electron chi connectivity index (χ2n) is 7.53. The summed E-state index contributed by atoms with van der Waals surface area (Å²) < 4.78 is 16.5. The Morgan fingerprint density at radius 1 is 0.862 bits per heavy atom. The summed E-state index contributed by atoms with van der Waals surface area (Å²) >= 11 is 0. The summed E-state index contributed by atoms with van der Waals surface area (Å²) in [6.45, 7) is 1.44. The van der Waals surface area contributed by atoms with Gasteiger partial charge in [-0.2, -0.15) is 0 Å². The molecule has 146 valence electrons. The van der Waals surface area contributed by atoms with Gasteiger partial charge in [-0.3, -0.25) is 0 Å². The average molecular weight is 384 g/mol. The Labute approximate surface area is 171 Å². The van der Waals surface area contributed by atoms with Gasteiger partial charge >= 0.3 is 0 Å². The normalized spacial score (nSPS) is 17.6. The van der Waals surface area contributed by atoms with Gasteiger partial charge in [-0.15, -0.1) is 0 Å². The van der Waals surface area contributed by atoms with E-state index in [4.69, 9.17) is 14.2 Å². The molecule has 3 nitrogen and oxygen atoms in total. The van der Waals surface area contributed by atoms with E-state index in [2.05, 4.69) is 72.8 Å². The van der Waals surface area contributed by atoms with Gasteiger partial charge in [0.05, 0.1) is 13.7 Å². The third-order valence-electron chi connectivity index (χ3n) is 5.63. The molecule has 0 saturated carbocycles. The van der Waals surface area contributed by atoms with E-state index >= 15 is 0 Å². The standard InChI is InChI=1S/C26H24O3/c1-27-22-12-14-25-20(15-22)9-13-24(18-5-3-2-4-6-18)26(25)19-7-10-21(11-8-19)28-16-23-17-29-23/h2-8,10-12,14-15,23H,9,13,16-17H2,1H3. The smallest absolute Gasteiger partial charge is 0.119 e. The summed E-state index contributed by atoms with van der Waals surface area (Å²) in [5.41, 5.74) is 7.82. The molecule has 3 heteroatoms. The van der Waals surface area contributed by atoms with Gasteiger partial charge in [0, 0.05) is 0 Å². The van der Waals surface area contributed by atoms with Crippen LogP contribution in [0.4, 0.5) is 0 Å². The van der Waals surface area contributed by atoms with Crippen LogP contribution in [-0.2, 0) is 11.2 Å². The van der Waals surface area contributed by atoms with Crippen LogP contribution in [-0.4, -0.2) is 26.4 Å². The van der Waals surface area contributed by atoms with Crippen LogP contribution in [0.1, 0.15) is 28.7 Å². The van der Waals surface area contributed by atoms with Crippen LogP contribution >= 0.6 is 0 Å². The minimum absolute atomic E-state index is 0.266. The number of fused-ring (bicyclic) bond motifs is 1. The van der Waals surface area contributed by atoms with E-state index < -0.39 is 0 Å². The minimum atomic E-state index is 0.266. The van der Waals surface area contributed by atoms with E-state index in [1.54, 1.807) is 7.11 Å². The summed E-state index contributed by atoms with van der Waals surface area (Å²) in [4.78, 5) is 0. The Kier molecular flexibility index (Phi) is 4.82. The van der Waals surface area contributed by atoms with Gasteiger partial charge in [0.25, 0.3) is 0 Å². The van der Waals surface area contributed by atoms with Gasteiger partial charge in [0.1, 0.15) is 24.2 Å². The highest BCUT2D eigenvalue weighted by molar-refractivity contribution is 6.00. The molecule has 0 N–H and O–H groups in total. The SMILES string of the molecule is COc1ccc2c(c1)CCC(c1ccccc1)=C2c1ccc(OCC2CO2)cc1. The highest BCUT2D eigenvalue weighted by Crippen LogP contribution is 2.42. The number of methoxy groups -OCH3 is 1. The predicted molar refractivity (Wildman–Crippen MR) is 115 cm³/mol. The molecule has 0 bridgehead atoms. The number of ether oxygens (including phenoxy) is 3. The van der Waals surface area contributed by atoms with Gasteiger partial charge in [0.2, 0.25) is 0 Å². The lowest BCUT2D eigenvalue weighted by Crippen LogP contribution is -2.07. The van der Waals surface area contributed by atoms with Crippen molar-refractivity contribution in [1.29, 1.82) is 0 Å². The lowest BCUT2D eigenvalue weighted by molar-refractivity contribution is 0.263. The van der Waals surface area contributed by atoms with Crippen LogP contribution in [0.25, 0.3) is 11.1 Å². The number of rotatable bonds is 6. The summed E-state index contributed by atoms with van der Waals surface area (Å²) in [5, 5.41) is 0. The maximum absolute atomic E-state index is 5.83. The minimum Gasteiger partial charge on any atom is -0.497 e. The predicted octanol–water partition coefficient (Wildman–Crippen LogP) is 5.38. The van der Waals surface area contributed by atoms with Crippen molar-refractivity contribution in [2.45, 2.75) is 18.9 Å². The quantitative estimate of drug-likeness (QED) is 0.535. The molecule has 29 heavy (non-hydrogen) atoms. The van der Waals surface area contributed by atoms with E-state index in [0.29, 0.717) is 6.61 Å². The maximum atomic E-state index is 5.83. The molecule has 1 fully saturated rings. The third kappa shape index (κ3) is 3.79. The summed E-state index contributed by atoms with van der Waals surface area (Å²) in [5.74, 6) is 1.80. The Hall–Kier alpha value is -3.04. The Morgan fingerprint density at radius 3 is 2.34 bits per heavy atom. The molecule has 0 radical (unpaired) electrons. The van der Waals surface area contributed by atoms with Crippen LogP contribution in [0.2, 0.25) is 0 Å². The first-order valence-electron chi connectivity index (χ1n) is 10.1. The molecule has 0 spiro atoms. The van der Waals surface area contributed by atoms with E-state index in [-0.39, 0.29) is 6.10 Å². The van der Waals surface area contributed by atoms with Crippen LogP contribution in [0.15, 0.2) is 72.8 Å². The van der Waals surface area contributed by atoms with Crippen molar-refractivity contribution in [2.24, 2.45) is 0 Å². The number of hydrogen-bond acceptors (Lipinski definition) is 3. The highest BCUT2D eigenvalue weighted by atomic mass is 16.6. The van der Waals surface area contributed by atoms with E-state index in [1.165, 1.54) is 33.4 Å². The van der Waals surface area contributed by atoms with Crippen molar-refractivity contribution < 1.29 is 14.2 Å². The van der Waals surface area contributed by atoms with Crippen molar-refractivity contribution in [3.8, 4) is 11.5 Å². The van der Waals surface area contributed by atoms with Gasteiger partial charge in [-0.05, 0) is 70.5 Å². The molecule has 1 aliphatic heterocycles. The zero-order valence-electron chi connectivity index (χ0n) is 16.6. The number of benzene rings is 3. The molecule has 1 heterocycles. The van der Waals surface area contributed by atoms with Crippen molar-refractivity contribution in [1.82, 2.24) is 0 Å². The zero-order chi connectivity index (χ0) is 19.6. The van der Waals surface area contributed by atoms with Gasteiger partial charge in [-0.25, -0.2) is 0 Å². The molecular weight excluding hydrogens is 360 g/mol. The first-order valence-corrected chi connectivity index (χ1v) is 10.1. The van der Waals surface area contributed by atoms with Crippen molar-refractivity contribution in [3.63, 3.8) is 0 Å². The Balaban J connectivity index is 1.57. The summed E-state index contributed by atoms with van der Waals surface area (Å²) in [6, 6.07) is 25.6. The molecule has 5 rings (SSSR count). The highest BCUT2D eigenvalue weighted by Gasteiger charge is 2.24. The topological polar surface area (TPSA) is 31.0 Å². The lowest BCUT2D eigenvalue weighted by atomic mass is 9.79. The van der Waals surface area contributed by atoms with Gasteiger partial charge < -0.3 is 14.2 Å². The van der Waals surface area contributed by atoms with Crippen LogP contribution in [0.5, 0.6) is 11.5 Å². The first-order chi connectivity index (χ1) is 14.3. The van der Waals surface area contributed by atoms with E-state index in [1.807, 2.05) is 0 Å². The lowest BCUT2D eigenvalue weighted by Gasteiger charge is -2.25. The van der Waals surface area contributed by atoms with Crippen LogP contribution in [0.3, 0.4) is 0 Å². The van der Waals surface area contributed by atoms with E-state index in [9.17, 15) is 0 Å². The fraction of sp³-hybridized carbons (Fsp3) is 0.231. The number of epoxide rings is 1. The van der Waals surface area contributed by atoms with Crippen molar-refractivity contribution in [2.75, 3.05) is 20.3 Å². The fourth-order valence-electron chi connectivity index (χ4n) is 4.02.